The molecule has 0 amide bonds. The van der Waals surface area contributed by atoms with Crippen molar-refractivity contribution >= 4 is 19.9 Å². The monoisotopic (exact) mass is 214 g/mol. The molecule has 0 heterocycles. The van der Waals surface area contributed by atoms with Crippen LogP contribution in [-0.4, -0.2) is 8.32 Å². The third kappa shape index (κ3) is 3.05. The largest absolute Gasteiger partial charge is 0.543 e. The fourth-order valence-corrected chi connectivity index (χ4v) is 2.09. The van der Waals surface area contributed by atoms with Gasteiger partial charge in [0, 0.05) is 0 Å². The van der Waals surface area contributed by atoms with Gasteiger partial charge in [-0.25, -0.2) is 0 Å². The van der Waals surface area contributed by atoms with E-state index in [-0.39, 0.29) is 0 Å². The van der Waals surface area contributed by atoms with Crippen LogP contribution in [0.3, 0.4) is 0 Å². The number of halogens is 1. The first-order valence-electron chi connectivity index (χ1n) is 4.34. The number of aryl methyl sites for hydroxylation is 1. The predicted octanol–water partition coefficient (Wildman–Crippen LogP) is 3.86. The van der Waals surface area contributed by atoms with Gasteiger partial charge in [0.25, 0.3) is 0 Å². The topological polar surface area (TPSA) is 9.23 Å². The van der Waals surface area contributed by atoms with Crippen molar-refractivity contribution in [3.8, 4) is 5.75 Å². The predicted molar refractivity (Wildman–Crippen MR) is 60.2 cm³/mol. The van der Waals surface area contributed by atoms with Crippen molar-refractivity contribution in [1.29, 1.82) is 0 Å². The molecule has 0 N–H and O–H groups in total. The third-order valence-electron chi connectivity index (χ3n) is 1.57. The molecule has 0 saturated carbocycles. The maximum Gasteiger partial charge on any atom is 0.242 e. The molecule has 0 radical (unpaired) electrons. The maximum absolute atomic E-state index is 6.10. The standard InChI is InChI=1S/C10H15ClOSi/c1-8-6-5-7-9(10(8)11)12-13(2,3)4/h5-7H,1-4H3. The number of benzene rings is 1. The van der Waals surface area contributed by atoms with Gasteiger partial charge in [-0.1, -0.05) is 23.7 Å². The van der Waals surface area contributed by atoms with E-state index in [0.29, 0.717) is 0 Å². The number of hydrogen-bond donors (Lipinski definition) is 0. The van der Waals surface area contributed by atoms with Crippen molar-refractivity contribution in [3.63, 3.8) is 0 Å². The van der Waals surface area contributed by atoms with Crippen LogP contribution in [0.5, 0.6) is 5.75 Å². The molecule has 0 bridgehead atoms. The lowest BCUT2D eigenvalue weighted by Gasteiger charge is -2.20. The van der Waals surface area contributed by atoms with Crippen molar-refractivity contribution in [2.24, 2.45) is 0 Å². The Labute approximate surface area is 85.8 Å². The first kappa shape index (κ1) is 10.6. The Kier molecular flexibility index (Phi) is 3.04. The molecule has 0 aliphatic heterocycles. The Balaban J connectivity index is 2.96. The van der Waals surface area contributed by atoms with Gasteiger partial charge in [0.15, 0.2) is 0 Å². The summed E-state index contributed by atoms with van der Waals surface area (Å²) < 4.78 is 5.82. The molecule has 0 fully saturated rings. The summed E-state index contributed by atoms with van der Waals surface area (Å²) in [6.07, 6.45) is 0. The van der Waals surface area contributed by atoms with Crippen molar-refractivity contribution in [3.05, 3.63) is 28.8 Å². The fourth-order valence-electron chi connectivity index (χ4n) is 1.03. The zero-order chi connectivity index (χ0) is 10.1. The molecule has 1 nitrogen and oxygen atoms in total. The lowest BCUT2D eigenvalue weighted by molar-refractivity contribution is 0.557. The molecule has 0 atom stereocenters. The van der Waals surface area contributed by atoms with Crippen LogP contribution >= 0.6 is 11.6 Å². The van der Waals surface area contributed by atoms with E-state index in [0.717, 1.165) is 16.3 Å². The maximum atomic E-state index is 6.10. The van der Waals surface area contributed by atoms with Crippen molar-refractivity contribution in [1.82, 2.24) is 0 Å². The summed E-state index contributed by atoms with van der Waals surface area (Å²) in [5, 5.41) is 0.741. The van der Waals surface area contributed by atoms with Crippen LogP contribution in [0.2, 0.25) is 24.7 Å². The molecule has 3 heteroatoms. The second-order valence-corrected chi connectivity index (χ2v) is 8.91. The summed E-state index contributed by atoms with van der Waals surface area (Å²) in [7, 11) is -1.54. The van der Waals surface area contributed by atoms with Gasteiger partial charge in [-0.05, 0) is 38.2 Å². The SMILES string of the molecule is Cc1cccc(O[Si](C)(C)C)c1Cl. The van der Waals surface area contributed by atoms with Gasteiger partial charge < -0.3 is 4.43 Å². The van der Waals surface area contributed by atoms with Crippen molar-refractivity contribution in [2.45, 2.75) is 26.6 Å². The van der Waals surface area contributed by atoms with Crippen LogP contribution in [0, 0.1) is 6.92 Å². The molecular formula is C10H15ClOSi. The molecule has 1 aromatic carbocycles. The van der Waals surface area contributed by atoms with Gasteiger partial charge in [-0.3, -0.25) is 0 Å². The van der Waals surface area contributed by atoms with Gasteiger partial charge in [0.2, 0.25) is 8.32 Å². The minimum atomic E-state index is -1.54. The van der Waals surface area contributed by atoms with Crippen molar-refractivity contribution in [2.75, 3.05) is 0 Å². The molecule has 0 unspecified atom stereocenters. The zero-order valence-corrected chi connectivity index (χ0v) is 10.3. The van der Waals surface area contributed by atoms with E-state index < -0.39 is 8.32 Å². The Hall–Kier alpha value is -0.473. The quantitative estimate of drug-likeness (QED) is 0.680. The summed E-state index contributed by atoms with van der Waals surface area (Å²) in [4.78, 5) is 0. The van der Waals surface area contributed by atoms with E-state index in [9.17, 15) is 0 Å². The molecular weight excluding hydrogens is 200 g/mol. The second-order valence-electron chi connectivity index (χ2n) is 4.10. The lowest BCUT2D eigenvalue weighted by Crippen LogP contribution is -2.29. The van der Waals surface area contributed by atoms with Crippen LogP contribution in [0.15, 0.2) is 18.2 Å². The highest BCUT2D eigenvalue weighted by Gasteiger charge is 2.17. The Morgan fingerprint density at radius 3 is 2.38 bits per heavy atom. The van der Waals surface area contributed by atoms with Gasteiger partial charge in [0.05, 0.1) is 5.02 Å². The molecule has 1 rings (SSSR count). The van der Waals surface area contributed by atoms with Gasteiger partial charge >= 0.3 is 0 Å². The molecule has 0 aromatic heterocycles. The first-order chi connectivity index (χ1) is 5.90. The van der Waals surface area contributed by atoms with E-state index in [4.69, 9.17) is 16.0 Å². The molecule has 0 spiro atoms. The van der Waals surface area contributed by atoms with Gasteiger partial charge in [-0.15, -0.1) is 0 Å². The minimum absolute atomic E-state index is 0.741. The van der Waals surface area contributed by atoms with E-state index >= 15 is 0 Å². The highest BCUT2D eigenvalue weighted by molar-refractivity contribution is 6.70. The third-order valence-corrected chi connectivity index (χ3v) is 2.89. The Morgan fingerprint density at radius 2 is 1.85 bits per heavy atom. The molecule has 1 aromatic rings. The molecule has 0 aliphatic rings. The average molecular weight is 215 g/mol. The van der Waals surface area contributed by atoms with Gasteiger partial charge in [-0.2, -0.15) is 0 Å². The number of rotatable bonds is 2. The smallest absolute Gasteiger partial charge is 0.242 e. The fraction of sp³-hybridized carbons (Fsp3) is 0.400. The molecule has 0 aliphatic carbocycles. The Bertz CT molecular complexity index is 304. The highest BCUT2D eigenvalue weighted by atomic mass is 35.5. The van der Waals surface area contributed by atoms with E-state index in [1.165, 1.54) is 0 Å². The summed E-state index contributed by atoms with van der Waals surface area (Å²) in [6, 6.07) is 5.88. The van der Waals surface area contributed by atoms with Crippen LogP contribution in [0.1, 0.15) is 5.56 Å². The highest BCUT2D eigenvalue weighted by Crippen LogP contribution is 2.29. The first-order valence-corrected chi connectivity index (χ1v) is 8.13. The summed E-state index contributed by atoms with van der Waals surface area (Å²) in [5.41, 5.74) is 1.07. The Morgan fingerprint density at radius 1 is 1.23 bits per heavy atom. The summed E-state index contributed by atoms with van der Waals surface area (Å²) in [6.45, 7) is 8.42. The zero-order valence-electron chi connectivity index (χ0n) is 8.52. The van der Waals surface area contributed by atoms with E-state index in [1.807, 2.05) is 25.1 Å². The summed E-state index contributed by atoms with van der Waals surface area (Å²) >= 11 is 6.10. The summed E-state index contributed by atoms with van der Waals surface area (Å²) in [5.74, 6) is 0.820. The van der Waals surface area contributed by atoms with Crippen LogP contribution in [-0.2, 0) is 0 Å². The van der Waals surface area contributed by atoms with Gasteiger partial charge in [0.1, 0.15) is 5.75 Å². The second kappa shape index (κ2) is 3.72. The normalized spacial score (nSPS) is 11.5. The average Bonchev–Trinajstić information content (AvgIpc) is 1.96. The minimum Gasteiger partial charge on any atom is -0.543 e. The van der Waals surface area contributed by atoms with E-state index in [1.54, 1.807) is 0 Å². The van der Waals surface area contributed by atoms with Crippen LogP contribution in [0.25, 0.3) is 0 Å². The van der Waals surface area contributed by atoms with Crippen LogP contribution in [0.4, 0.5) is 0 Å². The lowest BCUT2D eigenvalue weighted by atomic mass is 10.2. The van der Waals surface area contributed by atoms with Crippen LogP contribution < -0.4 is 4.43 Å². The molecule has 0 saturated heterocycles. The van der Waals surface area contributed by atoms with Crippen molar-refractivity contribution < 1.29 is 4.43 Å². The number of hydrogen-bond acceptors (Lipinski definition) is 1. The molecule has 13 heavy (non-hydrogen) atoms. The molecule has 72 valence electrons. The van der Waals surface area contributed by atoms with E-state index in [2.05, 4.69) is 19.6 Å².